The third-order valence-corrected chi connectivity index (χ3v) is 3.66. The van der Waals surface area contributed by atoms with Crippen LogP contribution in [0.15, 0.2) is 27.7 Å². The Labute approximate surface area is 120 Å². The predicted octanol–water partition coefficient (Wildman–Crippen LogP) is 2.31. The van der Waals surface area contributed by atoms with Gasteiger partial charge in [-0.1, -0.05) is 13.3 Å². The third-order valence-electron chi connectivity index (χ3n) is 3.66. The molecule has 1 saturated heterocycles. The highest BCUT2D eigenvalue weighted by Gasteiger charge is 2.25. The fraction of sp³-hybridized carbons (Fsp3) is 0.467. The summed E-state index contributed by atoms with van der Waals surface area (Å²) in [4.78, 5) is 15.8. The number of furan rings is 1. The quantitative estimate of drug-likeness (QED) is 0.812. The second kappa shape index (κ2) is 7.05. The molecule has 1 aromatic rings. The molecule has 2 heterocycles. The van der Waals surface area contributed by atoms with Crippen molar-refractivity contribution in [1.29, 1.82) is 0 Å². The van der Waals surface area contributed by atoms with E-state index in [1.54, 1.807) is 18.2 Å². The van der Waals surface area contributed by atoms with Crippen LogP contribution in [0.5, 0.6) is 0 Å². The Hall–Kier alpha value is -1.88. The lowest BCUT2D eigenvalue weighted by Crippen LogP contribution is -2.50. The number of nitrogens with one attached hydrogen (secondary N) is 2. The molecule has 0 spiro atoms. The molecule has 0 saturated carbocycles. The van der Waals surface area contributed by atoms with E-state index in [2.05, 4.69) is 29.3 Å². The van der Waals surface area contributed by atoms with Crippen LogP contribution in [0, 0.1) is 5.92 Å². The maximum absolute atomic E-state index is 12.2. The van der Waals surface area contributed by atoms with E-state index in [9.17, 15) is 4.79 Å². The molecule has 2 atom stereocenters. The van der Waals surface area contributed by atoms with Crippen LogP contribution < -0.4 is 10.6 Å². The molecule has 1 amide bonds. The Kier molecular flexibility index (Phi) is 5.12. The molecule has 110 valence electrons. The average molecular weight is 277 g/mol. The first kappa shape index (κ1) is 14.5. The Morgan fingerprint density at radius 2 is 2.55 bits per heavy atom. The summed E-state index contributed by atoms with van der Waals surface area (Å²) >= 11 is 0. The molecule has 1 aromatic heterocycles. The number of amides is 1. The van der Waals surface area contributed by atoms with Gasteiger partial charge in [-0.15, -0.1) is 0 Å². The highest BCUT2D eigenvalue weighted by atomic mass is 16.3. The number of hydrogen-bond acceptors (Lipinski definition) is 4. The molecule has 1 unspecified atom stereocenters. The smallest absolute Gasteiger partial charge is 0.287 e. The number of carbonyl (C=O) groups is 1. The Balaban J connectivity index is 0.00000220. The van der Waals surface area contributed by atoms with E-state index in [4.69, 9.17) is 4.42 Å². The first-order valence-electron chi connectivity index (χ1n) is 6.98. The lowest BCUT2D eigenvalue weighted by atomic mass is 9.90. The van der Waals surface area contributed by atoms with Gasteiger partial charge in [0.15, 0.2) is 5.76 Å². The molecular weight excluding hydrogens is 254 g/mol. The van der Waals surface area contributed by atoms with Crippen molar-refractivity contribution in [3.05, 3.63) is 29.9 Å². The number of aliphatic imine (C=N–C) groups is 1. The van der Waals surface area contributed by atoms with Gasteiger partial charge in [0.1, 0.15) is 5.76 Å². The zero-order valence-electron chi connectivity index (χ0n) is 11.8. The van der Waals surface area contributed by atoms with Gasteiger partial charge in [-0.25, -0.2) is 0 Å². The number of nitrogens with zero attached hydrogens (tertiary/aromatic N) is 1. The number of carbonyl (C=O) groups excluding carboxylic acids is 1. The molecule has 0 bridgehead atoms. The van der Waals surface area contributed by atoms with E-state index in [0.29, 0.717) is 17.4 Å². The maximum Gasteiger partial charge on any atom is 0.287 e. The van der Waals surface area contributed by atoms with Crippen LogP contribution in [0.4, 0.5) is 0 Å². The second-order valence-corrected chi connectivity index (χ2v) is 4.94. The minimum Gasteiger partial charge on any atom is -0.452 e. The molecular formula is C15H23N3O2. The standard InChI is InChI=1S/C15H21N3O2.H2/c1-3-11-6-9-17-10-13(11)18-15(19)14-5-4-12(20-14)7-8-16-2;/h4-5,7-8,11,13,17H,2-3,6,9-10H2,1H3,(H,18,19);1H/b8-7-;/t11?,13-;/m0./s1. The minimum atomic E-state index is -0.164. The fourth-order valence-corrected chi connectivity index (χ4v) is 2.50. The molecule has 5 nitrogen and oxygen atoms in total. The van der Waals surface area contributed by atoms with Crippen LogP contribution in [0.25, 0.3) is 6.08 Å². The van der Waals surface area contributed by atoms with E-state index in [-0.39, 0.29) is 13.4 Å². The molecule has 20 heavy (non-hydrogen) atoms. The van der Waals surface area contributed by atoms with E-state index in [1.165, 1.54) is 6.20 Å². The zero-order chi connectivity index (χ0) is 14.4. The highest BCUT2D eigenvalue weighted by molar-refractivity contribution is 5.91. The first-order valence-corrected chi connectivity index (χ1v) is 6.98. The van der Waals surface area contributed by atoms with Gasteiger partial charge in [-0.3, -0.25) is 9.79 Å². The average Bonchev–Trinajstić information content (AvgIpc) is 2.94. The zero-order valence-corrected chi connectivity index (χ0v) is 11.8. The normalized spacial score (nSPS) is 22.9. The lowest BCUT2D eigenvalue weighted by Gasteiger charge is -2.31. The number of piperidine rings is 1. The van der Waals surface area contributed by atoms with Crippen molar-refractivity contribution in [2.45, 2.75) is 25.8 Å². The fourth-order valence-electron chi connectivity index (χ4n) is 2.50. The van der Waals surface area contributed by atoms with Gasteiger partial charge in [-0.05, 0) is 43.8 Å². The van der Waals surface area contributed by atoms with Gasteiger partial charge in [0.05, 0.1) is 0 Å². The molecule has 0 aliphatic carbocycles. The van der Waals surface area contributed by atoms with E-state index >= 15 is 0 Å². The Morgan fingerprint density at radius 1 is 1.70 bits per heavy atom. The van der Waals surface area contributed by atoms with Crippen LogP contribution >= 0.6 is 0 Å². The van der Waals surface area contributed by atoms with Crippen molar-refractivity contribution in [3.63, 3.8) is 0 Å². The van der Waals surface area contributed by atoms with Crippen molar-refractivity contribution in [2.75, 3.05) is 13.1 Å². The minimum absolute atomic E-state index is 0. The van der Waals surface area contributed by atoms with Crippen LogP contribution in [0.1, 0.15) is 37.5 Å². The van der Waals surface area contributed by atoms with Gasteiger partial charge in [0, 0.05) is 20.2 Å². The molecule has 1 aliphatic rings. The van der Waals surface area contributed by atoms with E-state index < -0.39 is 0 Å². The third kappa shape index (κ3) is 3.57. The topological polar surface area (TPSA) is 66.6 Å². The molecule has 2 N–H and O–H groups in total. The molecule has 2 rings (SSSR count). The number of rotatable bonds is 5. The Bertz CT molecular complexity index is 499. The van der Waals surface area contributed by atoms with Gasteiger partial charge in [-0.2, -0.15) is 0 Å². The summed E-state index contributed by atoms with van der Waals surface area (Å²) in [6, 6.07) is 3.59. The largest absolute Gasteiger partial charge is 0.452 e. The Morgan fingerprint density at radius 3 is 3.30 bits per heavy atom. The molecule has 0 radical (unpaired) electrons. The van der Waals surface area contributed by atoms with Gasteiger partial charge >= 0.3 is 0 Å². The summed E-state index contributed by atoms with van der Waals surface area (Å²) in [5.74, 6) is 1.29. The highest BCUT2D eigenvalue weighted by Crippen LogP contribution is 2.17. The summed E-state index contributed by atoms with van der Waals surface area (Å²) < 4.78 is 5.45. The summed E-state index contributed by atoms with van der Waals surface area (Å²) in [6.45, 7) is 7.35. The van der Waals surface area contributed by atoms with Crippen LogP contribution in [-0.2, 0) is 0 Å². The first-order chi connectivity index (χ1) is 9.74. The van der Waals surface area contributed by atoms with Gasteiger partial charge in [0.25, 0.3) is 5.91 Å². The lowest BCUT2D eigenvalue weighted by molar-refractivity contribution is 0.0882. The molecule has 0 aromatic carbocycles. The SMILES string of the molecule is C=N/C=C\c1ccc(C(=O)N[C@H]2CNCCC2CC)o1.[HH]. The van der Waals surface area contributed by atoms with Crippen molar-refractivity contribution in [2.24, 2.45) is 10.9 Å². The van der Waals surface area contributed by atoms with Gasteiger partial charge < -0.3 is 15.1 Å². The maximum atomic E-state index is 12.2. The summed E-state index contributed by atoms with van der Waals surface area (Å²) in [6.07, 6.45) is 5.36. The molecule has 1 aliphatic heterocycles. The van der Waals surface area contributed by atoms with Crippen molar-refractivity contribution < 1.29 is 10.6 Å². The molecule has 1 fully saturated rings. The van der Waals surface area contributed by atoms with Gasteiger partial charge in [0.2, 0.25) is 0 Å². The second-order valence-electron chi connectivity index (χ2n) is 4.94. The van der Waals surface area contributed by atoms with Crippen molar-refractivity contribution in [1.82, 2.24) is 10.6 Å². The van der Waals surface area contributed by atoms with E-state index in [1.807, 2.05) is 0 Å². The predicted molar refractivity (Wildman–Crippen MR) is 81.9 cm³/mol. The molecule has 5 heteroatoms. The summed E-state index contributed by atoms with van der Waals surface area (Å²) in [5.41, 5.74) is 0. The van der Waals surface area contributed by atoms with Crippen LogP contribution in [0.3, 0.4) is 0 Å². The van der Waals surface area contributed by atoms with Crippen LogP contribution in [0.2, 0.25) is 0 Å². The summed E-state index contributed by atoms with van der Waals surface area (Å²) in [7, 11) is 0. The monoisotopic (exact) mass is 277 g/mol. The number of hydrogen-bond donors (Lipinski definition) is 2. The summed E-state index contributed by atoms with van der Waals surface area (Å²) in [5, 5.41) is 6.36. The van der Waals surface area contributed by atoms with Crippen molar-refractivity contribution in [3.8, 4) is 0 Å². The van der Waals surface area contributed by atoms with Crippen LogP contribution in [-0.4, -0.2) is 31.8 Å². The van der Waals surface area contributed by atoms with E-state index in [0.717, 1.165) is 25.9 Å². The van der Waals surface area contributed by atoms with Crippen molar-refractivity contribution >= 4 is 18.7 Å².